The largest absolute Gasteiger partial charge is 0.145 e. The van der Waals surface area contributed by atoms with E-state index in [1.807, 2.05) is 0 Å². The smallest absolute Gasteiger partial charge is 0.0654 e. The third kappa shape index (κ3) is 11.0. The summed E-state index contributed by atoms with van der Waals surface area (Å²) in [6.45, 7) is 11.8. The molecule has 0 aromatic heterocycles. The topological polar surface area (TPSA) is 0 Å². The van der Waals surface area contributed by atoms with E-state index in [2.05, 4.69) is 220 Å². The zero-order valence-corrected chi connectivity index (χ0v) is 39.9. The maximum Gasteiger partial charge on any atom is 0.145 e. The van der Waals surface area contributed by atoms with Gasteiger partial charge in [-0.15, -0.1) is 0 Å². The molecule has 7 aromatic carbocycles. The summed E-state index contributed by atoms with van der Waals surface area (Å²) in [5, 5.41) is 4.22. The van der Waals surface area contributed by atoms with E-state index in [0.717, 1.165) is 16.3 Å². The maximum absolute atomic E-state index is 3.69. The lowest BCUT2D eigenvalue weighted by atomic mass is 9.91. The summed E-state index contributed by atoms with van der Waals surface area (Å²) in [5.74, 6) is 1.57. The van der Waals surface area contributed by atoms with Crippen molar-refractivity contribution >= 4 is 39.6 Å². The highest BCUT2D eigenvalue weighted by atomic mass is 79.9. The molecule has 0 spiro atoms. The molecular weight excluding hydrogens is 817 g/mol. The molecule has 61 heavy (non-hydrogen) atoms. The van der Waals surface area contributed by atoms with Gasteiger partial charge in [-0.25, -0.2) is 0 Å². The fraction of sp³-hybridized carbons (Fsp3) is 0.288. The van der Waals surface area contributed by atoms with Gasteiger partial charge in [0.1, 0.15) is 8.07 Å². The van der Waals surface area contributed by atoms with E-state index >= 15 is 0 Å². The summed E-state index contributed by atoms with van der Waals surface area (Å²) < 4.78 is 1.11. The Morgan fingerprint density at radius 3 is 0.869 bits per heavy atom. The Morgan fingerprint density at radius 2 is 0.607 bits per heavy atom. The first-order chi connectivity index (χ1) is 29.8. The SMILES string of the molecule is CCCCC(CC)Cc1ccc(-c2ccc(-c3ccc([Si](C)(c4ccc(Br)cc4)c4ccc(-c5ccc(-c6ccc(CC(CC)CCCC)cc6)cc5)cc4)cc3)cc2)cc1. The highest BCUT2D eigenvalue weighted by Gasteiger charge is 2.34. The summed E-state index contributed by atoms with van der Waals surface area (Å²) in [5.41, 5.74) is 13.0. The quantitative estimate of drug-likeness (QED) is 0.0561. The van der Waals surface area contributed by atoms with Gasteiger partial charge >= 0.3 is 0 Å². The van der Waals surface area contributed by atoms with Crippen molar-refractivity contribution in [3.63, 3.8) is 0 Å². The van der Waals surface area contributed by atoms with Gasteiger partial charge in [-0.2, -0.15) is 0 Å². The number of rotatable bonds is 19. The molecule has 0 aliphatic rings. The second kappa shape index (κ2) is 21.4. The Kier molecular flexibility index (Phi) is 15.5. The molecule has 0 N–H and O–H groups in total. The molecule has 0 aliphatic heterocycles. The molecule has 0 heterocycles. The molecule has 0 fully saturated rings. The maximum atomic E-state index is 3.69. The molecule has 0 saturated heterocycles. The van der Waals surface area contributed by atoms with E-state index in [-0.39, 0.29) is 0 Å². The van der Waals surface area contributed by atoms with Gasteiger partial charge in [0.05, 0.1) is 0 Å². The zero-order chi connectivity index (χ0) is 42.6. The second-order valence-electron chi connectivity index (χ2n) is 17.6. The van der Waals surface area contributed by atoms with Gasteiger partial charge in [0.15, 0.2) is 0 Å². The molecule has 2 heteroatoms. The van der Waals surface area contributed by atoms with Crippen molar-refractivity contribution in [2.75, 3.05) is 0 Å². The van der Waals surface area contributed by atoms with Gasteiger partial charge in [-0.05, 0) is 108 Å². The second-order valence-corrected chi connectivity index (χ2v) is 22.5. The number of benzene rings is 7. The summed E-state index contributed by atoms with van der Waals surface area (Å²) in [6.07, 6.45) is 12.8. The Balaban J connectivity index is 1.06. The van der Waals surface area contributed by atoms with Crippen LogP contribution in [0.4, 0.5) is 0 Å². The summed E-state index contributed by atoms with van der Waals surface area (Å²) >= 11 is 3.69. The number of unbranched alkanes of at least 4 members (excludes halogenated alkanes) is 2. The standard InChI is InChI=1S/C59H65BrSi/c1-6-10-12-44(8-3)42-46-14-18-48(19-15-46)50-22-26-52(27-23-50)54-30-36-57(37-31-54)61(5,59-40-34-56(60)35-41-59)58-38-32-55(33-39-58)53-28-24-51(25-29-53)49-20-16-47(17-21-49)43-45(9-4)13-11-7-2/h14-41,44-45H,6-13,42-43H2,1-5H3. The zero-order valence-electron chi connectivity index (χ0n) is 37.3. The Morgan fingerprint density at radius 1 is 0.361 bits per heavy atom. The minimum atomic E-state index is -2.32. The van der Waals surface area contributed by atoms with Crippen molar-refractivity contribution in [2.24, 2.45) is 11.8 Å². The molecule has 0 radical (unpaired) electrons. The third-order valence-electron chi connectivity index (χ3n) is 13.5. The molecule has 2 unspecified atom stereocenters. The number of hydrogen-bond acceptors (Lipinski definition) is 0. The van der Waals surface area contributed by atoms with Crippen LogP contribution in [0.1, 0.15) is 90.2 Å². The lowest BCUT2D eigenvalue weighted by Crippen LogP contribution is -2.64. The van der Waals surface area contributed by atoms with Crippen LogP contribution in [0.15, 0.2) is 174 Å². The van der Waals surface area contributed by atoms with E-state index < -0.39 is 8.07 Å². The Labute approximate surface area is 377 Å². The first-order valence-electron chi connectivity index (χ1n) is 23.2. The molecule has 0 amide bonds. The van der Waals surface area contributed by atoms with E-state index in [9.17, 15) is 0 Å². The summed E-state index contributed by atoms with van der Waals surface area (Å²) in [7, 11) is -2.32. The molecule has 7 aromatic rings. The fourth-order valence-corrected chi connectivity index (χ4v) is 13.0. The van der Waals surface area contributed by atoms with Crippen molar-refractivity contribution in [1.82, 2.24) is 0 Å². The first-order valence-corrected chi connectivity index (χ1v) is 26.5. The lowest BCUT2D eigenvalue weighted by Gasteiger charge is -2.30. The molecule has 7 rings (SSSR count). The molecule has 0 aliphatic carbocycles. The van der Waals surface area contributed by atoms with Gasteiger partial charge in [0, 0.05) is 4.47 Å². The van der Waals surface area contributed by atoms with Crippen molar-refractivity contribution < 1.29 is 0 Å². The van der Waals surface area contributed by atoms with Gasteiger partial charge in [-0.3, -0.25) is 0 Å². The Bertz CT molecular complexity index is 2230. The monoisotopic (exact) mass is 880 g/mol. The van der Waals surface area contributed by atoms with E-state index in [1.54, 1.807) is 0 Å². The van der Waals surface area contributed by atoms with Gasteiger partial charge in [-0.1, -0.05) is 259 Å². The third-order valence-corrected chi connectivity index (χ3v) is 18.5. The van der Waals surface area contributed by atoms with E-state index in [4.69, 9.17) is 0 Å². The summed E-state index contributed by atoms with van der Waals surface area (Å²) in [4.78, 5) is 0. The normalized spacial score (nSPS) is 13.4. The van der Waals surface area contributed by atoms with Crippen LogP contribution in [0.5, 0.6) is 0 Å². The molecular formula is C59H65BrSi. The van der Waals surface area contributed by atoms with Crippen LogP contribution in [0, 0.1) is 11.8 Å². The Hall–Kier alpha value is -4.76. The van der Waals surface area contributed by atoms with Gasteiger partial charge in [0.25, 0.3) is 0 Å². The van der Waals surface area contributed by atoms with Crippen molar-refractivity contribution in [2.45, 2.75) is 98.5 Å². The molecule has 312 valence electrons. The van der Waals surface area contributed by atoms with Crippen LogP contribution in [-0.4, -0.2) is 8.07 Å². The minimum absolute atomic E-state index is 0.787. The number of halogens is 1. The van der Waals surface area contributed by atoms with Crippen LogP contribution in [0.2, 0.25) is 6.55 Å². The van der Waals surface area contributed by atoms with Crippen molar-refractivity contribution in [3.05, 3.63) is 185 Å². The van der Waals surface area contributed by atoms with Crippen LogP contribution < -0.4 is 15.6 Å². The van der Waals surface area contributed by atoms with E-state index in [0.29, 0.717) is 0 Å². The molecule has 2 atom stereocenters. The van der Waals surface area contributed by atoms with Crippen LogP contribution >= 0.6 is 15.9 Å². The summed E-state index contributed by atoms with van der Waals surface area (Å²) in [6, 6.07) is 64.6. The van der Waals surface area contributed by atoms with E-state index in [1.165, 1.54) is 135 Å². The lowest BCUT2D eigenvalue weighted by molar-refractivity contribution is 0.449. The highest BCUT2D eigenvalue weighted by molar-refractivity contribution is 9.10. The average molecular weight is 882 g/mol. The highest BCUT2D eigenvalue weighted by Crippen LogP contribution is 2.29. The first kappa shape index (κ1) is 44.3. The van der Waals surface area contributed by atoms with Crippen LogP contribution in [-0.2, 0) is 12.8 Å². The fourth-order valence-electron chi connectivity index (χ4n) is 9.21. The molecule has 0 saturated carbocycles. The number of hydrogen-bond donors (Lipinski definition) is 0. The predicted octanol–water partition coefficient (Wildman–Crippen LogP) is 15.7. The van der Waals surface area contributed by atoms with Crippen molar-refractivity contribution in [3.8, 4) is 44.5 Å². The minimum Gasteiger partial charge on any atom is -0.0654 e. The predicted molar refractivity (Wildman–Crippen MR) is 273 cm³/mol. The van der Waals surface area contributed by atoms with Gasteiger partial charge < -0.3 is 0 Å². The van der Waals surface area contributed by atoms with Crippen LogP contribution in [0.25, 0.3) is 44.5 Å². The molecule has 0 bridgehead atoms. The van der Waals surface area contributed by atoms with Crippen molar-refractivity contribution in [1.29, 1.82) is 0 Å². The molecule has 0 nitrogen and oxygen atoms in total. The van der Waals surface area contributed by atoms with Gasteiger partial charge in [0.2, 0.25) is 0 Å². The van der Waals surface area contributed by atoms with Crippen LogP contribution in [0.3, 0.4) is 0 Å². The average Bonchev–Trinajstić information content (AvgIpc) is 3.32.